The Kier molecular flexibility index (Phi) is 3.83. The van der Waals surface area contributed by atoms with E-state index in [0.717, 1.165) is 30.8 Å². The van der Waals surface area contributed by atoms with Gasteiger partial charge in [-0.1, -0.05) is 19.1 Å². The van der Waals surface area contributed by atoms with Crippen LogP contribution in [0.2, 0.25) is 0 Å². The SMILES string of the molecule is CCc1c(N)cccc1CNCc1ccoc1. The fraction of sp³-hybridized carbons (Fsp3) is 0.286. The van der Waals surface area contributed by atoms with E-state index in [1.807, 2.05) is 18.2 Å². The molecule has 1 aromatic heterocycles. The molecule has 0 spiro atoms. The van der Waals surface area contributed by atoms with Crippen molar-refractivity contribution in [1.82, 2.24) is 5.32 Å². The van der Waals surface area contributed by atoms with Gasteiger partial charge < -0.3 is 15.5 Å². The third-order valence-corrected chi connectivity index (χ3v) is 2.89. The highest BCUT2D eigenvalue weighted by atomic mass is 16.3. The topological polar surface area (TPSA) is 51.2 Å². The first-order chi connectivity index (χ1) is 8.31. The van der Waals surface area contributed by atoms with Crippen LogP contribution in [0.1, 0.15) is 23.6 Å². The number of nitrogen functional groups attached to an aromatic ring is 1. The third-order valence-electron chi connectivity index (χ3n) is 2.89. The van der Waals surface area contributed by atoms with Crippen LogP contribution >= 0.6 is 0 Å². The smallest absolute Gasteiger partial charge is 0.0947 e. The predicted octanol–water partition coefficient (Wildman–Crippen LogP) is 2.71. The molecule has 0 aliphatic carbocycles. The first-order valence-corrected chi connectivity index (χ1v) is 5.89. The standard InChI is InChI=1S/C14H18N2O/c1-2-13-12(4-3-5-14(13)15)9-16-8-11-6-7-17-10-11/h3-7,10,16H,2,8-9,15H2,1H3. The van der Waals surface area contributed by atoms with Gasteiger partial charge in [-0.15, -0.1) is 0 Å². The van der Waals surface area contributed by atoms with E-state index in [1.54, 1.807) is 12.5 Å². The summed E-state index contributed by atoms with van der Waals surface area (Å²) in [6.07, 6.45) is 4.41. The van der Waals surface area contributed by atoms with Gasteiger partial charge in [0.15, 0.2) is 0 Å². The van der Waals surface area contributed by atoms with Crippen LogP contribution in [0.15, 0.2) is 41.2 Å². The van der Waals surface area contributed by atoms with Crippen LogP contribution in [-0.2, 0) is 19.5 Å². The van der Waals surface area contributed by atoms with Crippen molar-refractivity contribution in [2.24, 2.45) is 0 Å². The highest BCUT2D eigenvalue weighted by Gasteiger charge is 2.03. The second kappa shape index (κ2) is 5.55. The van der Waals surface area contributed by atoms with Gasteiger partial charge in [0.1, 0.15) is 0 Å². The summed E-state index contributed by atoms with van der Waals surface area (Å²) < 4.78 is 5.02. The second-order valence-corrected chi connectivity index (χ2v) is 4.07. The molecule has 0 radical (unpaired) electrons. The van der Waals surface area contributed by atoms with Crippen LogP contribution in [0.4, 0.5) is 5.69 Å². The lowest BCUT2D eigenvalue weighted by Crippen LogP contribution is -2.14. The molecule has 0 unspecified atom stereocenters. The van der Waals surface area contributed by atoms with Crippen molar-refractivity contribution in [2.45, 2.75) is 26.4 Å². The number of nitrogens with one attached hydrogen (secondary N) is 1. The summed E-state index contributed by atoms with van der Waals surface area (Å²) in [5.41, 5.74) is 10.5. The molecule has 1 heterocycles. The molecule has 0 bridgehead atoms. The van der Waals surface area contributed by atoms with Gasteiger partial charge >= 0.3 is 0 Å². The fourth-order valence-electron chi connectivity index (χ4n) is 1.99. The Morgan fingerprint density at radius 1 is 1.24 bits per heavy atom. The highest BCUT2D eigenvalue weighted by Crippen LogP contribution is 2.17. The quantitative estimate of drug-likeness (QED) is 0.776. The van der Waals surface area contributed by atoms with Crippen molar-refractivity contribution < 1.29 is 4.42 Å². The molecule has 1 aromatic carbocycles. The molecule has 3 heteroatoms. The molecule has 2 rings (SSSR count). The van der Waals surface area contributed by atoms with Crippen LogP contribution in [0.5, 0.6) is 0 Å². The molecule has 90 valence electrons. The van der Waals surface area contributed by atoms with Crippen LogP contribution in [0.3, 0.4) is 0 Å². The molecule has 0 saturated heterocycles. The van der Waals surface area contributed by atoms with Gasteiger partial charge in [0, 0.05) is 24.3 Å². The number of hydrogen-bond donors (Lipinski definition) is 2. The molecule has 0 amide bonds. The molecule has 0 fully saturated rings. The predicted molar refractivity (Wildman–Crippen MR) is 69.5 cm³/mol. The number of hydrogen-bond acceptors (Lipinski definition) is 3. The minimum absolute atomic E-state index is 0.814. The van der Waals surface area contributed by atoms with Gasteiger partial charge in [-0.2, -0.15) is 0 Å². The summed E-state index contributed by atoms with van der Waals surface area (Å²) in [6, 6.07) is 8.05. The first-order valence-electron chi connectivity index (χ1n) is 5.89. The molecule has 2 aromatic rings. The van der Waals surface area contributed by atoms with Crippen molar-refractivity contribution in [1.29, 1.82) is 0 Å². The Morgan fingerprint density at radius 3 is 2.82 bits per heavy atom. The van der Waals surface area contributed by atoms with Gasteiger partial charge in [0.25, 0.3) is 0 Å². The summed E-state index contributed by atoms with van der Waals surface area (Å²) in [6.45, 7) is 3.78. The monoisotopic (exact) mass is 230 g/mol. The van der Waals surface area contributed by atoms with Crippen molar-refractivity contribution in [3.8, 4) is 0 Å². The van der Waals surface area contributed by atoms with Crippen LogP contribution in [-0.4, -0.2) is 0 Å². The lowest BCUT2D eigenvalue weighted by atomic mass is 10.0. The molecule has 3 nitrogen and oxygen atoms in total. The van der Waals surface area contributed by atoms with Crippen LogP contribution in [0, 0.1) is 0 Å². The molecule has 3 N–H and O–H groups in total. The van der Waals surface area contributed by atoms with E-state index in [1.165, 1.54) is 11.1 Å². The number of nitrogens with two attached hydrogens (primary N) is 1. The molecule has 0 aliphatic heterocycles. The van der Waals surface area contributed by atoms with E-state index in [2.05, 4.69) is 18.3 Å². The summed E-state index contributed by atoms with van der Waals surface area (Å²) in [7, 11) is 0. The Balaban J connectivity index is 1.97. The summed E-state index contributed by atoms with van der Waals surface area (Å²) in [5.74, 6) is 0. The number of benzene rings is 1. The van der Waals surface area contributed by atoms with Crippen molar-refractivity contribution in [2.75, 3.05) is 5.73 Å². The van der Waals surface area contributed by atoms with E-state index >= 15 is 0 Å². The van der Waals surface area contributed by atoms with Gasteiger partial charge in [0.2, 0.25) is 0 Å². The van der Waals surface area contributed by atoms with Crippen molar-refractivity contribution in [3.63, 3.8) is 0 Å². The van der Waals surface area contributed by atoms with E-state index in [9.17, 15) is 0 Å². The van der Waals surface area contributed by atoms with Crippen molar-refractivity contribution >= 4 is 5.69 Å². The zero-order valence-corrected chi connectivity index (χ0v) is 10.1. The molecule has 0 saturated carbocycles. The minimum Gasteiger partial charge on any atom is -0.472 e. The highest BCUT2D eigenvalue weighted by molar-refractivity contribution is 5.50. The number of furan rings is 1. The van der Waals surface area contributed by atoms with Crippen molar-refractivity contribution in [3.05, 3.63) is 53.5 Å². The molecule has 0 atom stereocenters. The van der Waals surface area contributed by atoms with Gasteiger partial charge in [-0.05, 0) is 29.7 Å². The average Bonchev–Trinajstić information content (AvgIpc) is 2.82. The Morgan fingerprint density at radius 2 is 2.12 bits per heavy atom. The molecule has 0 aliphatic rings. The van der Waals surface area contributed by atoms with Gasteiger partial charge in [-0.3, -0.25) is 0 Å². The lowest BCUT2D eigenvalue weighted by Gasteiger charge is -2.11. The Hall–Kier alpha value is -1.74. The lowest BCUT2D eigenvalue weighted by molar-refractivity contribution is 0.560. The molecular formula is C14H18N2O. The zero-order valence-electron chi connectivity index (χ0n) is 10.1. The van der Waals surface area contributed by atoms with Gasteiger partial charge in [-0.25, -0.2) is 0 Å². The summed E-state index contributed by atoms with van der Waals surface area (Å²) >= 11 is 0. The number of rotatable bonds is 5. The second-order valence-electron chi connectivity index (χ2n) is 4.07. The van der Waals surface area contributed by atoms with E-state index < -0.39 is 0 Å². The summed E-state index contributed by atoms with van der Waals surface area (Å²) in [4.78, 5) is 0. The maximum atomic E-state index is 5.96. The average molecular weight is 230 g/mol. The van der Waals surface area contributed by atoms with Crippen LogP contribution < -0.4 is 11.1 Å². The Bertz CT molecular complexity index is 463. The maximum absolute atomic E-state index is 5.96. The first kappa shape index (κ1) is 11.7. The van der Waals surface area contributed by atoms with E-state index in [0.29, 0.717) is 0 Å². The van der Waals surface area contributed by atoms with Crippen LogP contribution in [0.25, 0.3) is 0 Å². The number of anilines is 1. The fourth-order valence-corrected chi connectivity index (χ4v) is 1.99. The molecular weight excluding hydrogens is 212 g/mol. The Labute approximate surface area is 102 Å². The largest absolute Gasteiger partial charge is 0.472 e. The molecule has 17 heavy (non-hydrogen) atoms. The van der Waals surface area contributed by atoms with E-state index in [4.69, 9.17) is 10.2 Å². The van der Waals surface area contributed by atoms with E-state index in [-0.39, 0.29) is 0 Å². The normalized spacial score (nSPS) is 10.6. The minimum atomic E-state index is 0.814. The van der Waals surface area contributed by atoms with Gasteiger partial charge in [0.05, 0.1) is 12.5 Å². The summed E-state index contributed by atoms with van der Waals surface area (Å²) in [5, 5.41) is 3.39. The zero-order chi connectivity index (χ0) is 12.1. The maximum Gasteiger partial charge on any atom is 0.0947 e. The third kappa shape index (κ3) is 2.88.